The first kappa shape index (κ1) is 18.8. The summed E-state index contributed by atoms with van der Waals surface area (Å²) in [7, 11) is 0. The maximum Gasteiger partial charge on any atom is 1.00 e. The van der Waals surface area contributed by atoms with Crippen molar-refractivity contribution in [1.29, 1.82) is 0 Å². The maximum absolute atomic E-state index is 11.0. The van der Waals surface area contributed by atoms with Crippen LogP contribution in [0.2, 0.25) is 0 Å². The first-order chi connectivity index (χ1) is 7.66. The number of nitrogens with zero attached hydrogens (tertiary/aromatic N) is 1. The molecule has 1 N–H and O–H groups in total. The fourth-order valence-corrected chi connectivity index (χ4v) is 1.14. The fraction of sp³-hybridized carbons (Fsp3) is 0.500. The number of hydrogen-bond acceptors (Lipinski definition) is 3. The van der Waals surface area contributed by atoms with Crippen LogP contribution in [0.4, 0.5) is 0 Å². The monoisotopic (exact) mass is 247 g/mol. The average molecular weight is 247 g/mol. The minimum absolute atomic E-state index is 0. The molecule has 4 nitrogen and oxygen atoms in total. The molecule has 0 atom stereocenters. The van der Waals surface area contributed by atoms with E-state index < -0.39 is 11.9 Å². The molecule has 0 radical (unpaired) electrons. The van der Waals surface area contributed by atoms with Crippen LogP contribution in [-0.4, -0.2) is 23.5 Å². The molecule has 0 spiro atoms. The van der Waals surface area contributed by atoms with Gasteiger partial charge >= 0.3 is 35.5 Å². The van der Waals surface area contributed by atoms with E-state index in [1.807, 2.05) is 6.08 Å². The molecule has 0 saturated heterocycles. The van der Waals surface area contributed by atoms with Crippen LogP contribution in [0.5, 0.6) is 0 Å². The second-order valence-corrected chi connectivity index (χ2v) is 3.38. The first-order valence-corrected chi connectivity index (χ1v) is 5.40. The standard InChI is InChI=1S/C12H19NO3.Na/c1-2-3-4-5-6-7-10-13-11(14)8-9-12(15)16;/h2,8-9H,1,3-7,10H2,(H,13,14)(H,15,16);/q;+1/p-1/b9-8+;. The topological polar surface area (TPSA) is 72.7 Å². The Hall–Kier alpha value is -0.580. The van der Waals surface area contributed by atoms with E-state index in [2.05, 4.69) is 11.6 Å². The summed E-state index contributed by atoms with van der Waals surface area (Å²) in [5.74, 6) is -1.61. The van der Waals surface area contributed by atoms with Gasteiger partial charge in [-0.1, -0.05) is 18.9 Å². The van der Waals surface area contributed by atoms with Crippen molar-refractivity contribution in [2.75, 3.05) is 6.54 Å². The van der Waals surface area contributed by atoms with Gasteiger partial charge in [0.1, 0.15) is 0 Å². The molecule has 0 aromatic carbocycles. The number of rotatable bonds is 9. The van der Waals surface area contributed by atoms with Gasteiger partial charge < -0.3 is 15.2 Å². The van der Waals surface area contributed by atoms with Crippen LogP contribution in [0.25, 0.3) is 0 Å². The van der Waals surface area contributed by atoms with Gasteiger partial charge in [-0.05, 0) is 31.2 Å². The Morgan fingerprint density at radius 2 is 1.88 bits per heavy atom. The summed E-state index contributed by atoms with van der Waals surface area (Å²) in [6, 6.07) is 0. The van der Waals surface area contributed by atoms with Crippen molar-refractivity contribution in [1.82, 2.24) is 0 Å². The fourth-order valence-electron chi connectivity index (χ4n) is 1.14. The minimum Gasteiger partial charge on any atom is -0.859 e. The van der Waals surface area contributed by atoms with Crippen LogP contribution in [-0.2, 0) is 4.79 Å². The molecule has 0 bridgehead atoms. The Morgan fingerprint density at radius 3 is 2.47 bits per heavy atom. The molecule has 0 rings (SSSR count). The zero-order valence-corrected chi connectivity index (χ0v) is 12.4. The molecule has 0 aliphatic heterocycles. The SMILES string of the molecule is C=CCCCCCCN=C([O-])/C=C/C(=O)O.[Na+]. The number of aliphatic carboxylic acids is 1. The van der Waals surface area contributed by atoms with Crippen molar-refractivity contribution in [3.05, 3.63) is 24.8 Å². The van der Waals surface area contributed by atoms with Gasteiger partial charge in [0.15, 0.2) is 0 Å². The molecule has 90 valence electrons. The van der Waals surface area contributed by atoms with E-state index in [0.717, 1.165) is 44.3 Å². The molecule has 0 aromatic rings. The van der Waals surface area contributed by atoms with Gasteiger partial charge in [-0.15, -0.1) is 6.58 Å². The van der Waals surface area contributed by atoms with Crippen molar-refractivity contribution < 1.29 is 44.6 Å². The normalized spacial score (nSPS) is 11.2. The van der Waals surface area contributed by atoms with E-state index in [1.54, 1.807) is 0 Å². The summed E-state index contributed by atoms with van der Waals surface area (Å²) in [5, 5.41) is 19.2. The summed E-state index contributed by atoms with van der Waals surface area (Å²) < 4.78 is 0. The van der Waals surface area contributed by atoms with Gasteiger partial charge in [0.2, 0.25) is 0 Å². The van der Waals surface area contributed by atoms with E-state index in [9.17, 15) is 9.90 Å². The molecule has 0 fully saturated rings. The maximum atomic E-state index is 11.0. The van der Waals surface area contributed by atoms with Crippen LogP contribution in [0, 0.1) is 0 Å². The first-order valence-electron chi connectivity index (χ1n) is 5.40. The number of allylic oxidation sites excluding steroid dienone is 1. The van der Waals surface area contributed by atoms with E-state index in [0.29, 0.717) is 6.54 Å². The van der Waals surface area contributed by atoms with E-state index in [1.165, 1.54) is 0 Å². The molecule has 5 heteroatoms. The van der Waals surface area contributed by atoms with Crippen molar-refractivity contribution in [2.24, 2.45) is 4.99 Å². The number of aliphatic imine (C=N–C) groups is 1. The third-order valence-corrected chi connectivity index (χ3v) is 1.95. The Balaban J connectivity index is 0. The summed E-state index contributed by atoms with van der Waals surface area (Å²) >= 11 is 0. The summed E-state index contributed by atoms with van der Waals surface area (Å²) in [4.78, 5) is 13.8. The van der Waals surface area contributed by atoms with Crippen molar-refractivity contribution in [3.63, 3.8) is 0 Å². The van der Waals surface area contributed by atoms with Crippen molar-refractivity contribution in [3.8, 4) is 0 Å². The smallest absolute Gasteiger partial charge is 0.859 e. The number of carbonyl (C=O) groups is 1. The predicted octanol–water partition coefficient (Wildman–Crippen LogP) is -1.47. The molecule has 0 saturated carbocycles. The predicted molar refractivity (Wildman–Crippen MR) is 62.4 cm³/mol. The number of hydrogen-bond donors (Lipinski definition) is 1. The molecule has 0 aromatic heterocycles. The minimum atomic E-state index is -1.13. The second kappa shape index (κ2) is 13.5. The molecule has 0 amide bonds. The van der Waals surface area contributed by atoms with Gasteiger partial charge in [0.05, 0.1) is 0 Å². The average Bonchev–Trinajstić information content (AvgIpc) is 2.25. The van der Waals surface area contributed by atoms with Gasteiger partial charge in [-0.25, -0.2) is 4.79 Å². The van der Waals surface area contributed by atoms with Crippen LogP contribution >= 0.6 is 0 Å². The molecular formula is C12H18NNaO3. The van der Waals surface area contributed by atoms with Crippen molar-refractivity contribution >= 4 is 11.9 Å². The molecule has 17 heavy (non-hydrogen) atoms. The Kier molecular flexibility index (Phi) is 14.9. The molecule has 0 aliphatic carbocycles. The Labute approximate surface area is 124 Å². The van der Waals surface area contributed by atoms with E-state index in [4.69, 9.17) is 5.11 Å². The third-order valence-electron chi connectivity index (χ3n) is 1.95. The van der Waals surface area contributed by atoms with Crippen molar-refractivity contribution in [2.45, 2.75) is 32.1 Å². The third kappa shape index (κ3) is 15.4. The summed E-state index contributed by atoms with van der Waals surface area (Å²) in [5.41, 5.74) is 0. The number of carboxylic acid groups (broad SMARTS) is 1. The Morgan fingerprint density at radius 1 is 1.24 bits per heavy atom. The van der Waals surface area contributed by atoms with Crippen LogP contribution in [0.3, 0.4) is 0 Å². The second-order valence-electron chi connectivity index (χ2n) is 3.38. The summed E-state index contributed by atoms with van der Waals surface area (Å²) in [6.07, 6.45) is 8.83. The van der Waals surface area contributed by atoms with Crippen LogP contribution in [0.1, 0.15) is 32.1 Å². The van der Waals surface area contributed by atoms with Gasteiger partial charge in [0.25, 0.3) is 0 Å². The Bertz CT molecular complexity index is 275. The molecule has 0 aliphatic rings. The number of unbranched alkanes of at least 4 members (excludes halogenated alkanes) is 4. The van der Waals surface area contributed by atoms with Crippen LogP contribution in [0.15, 0.2) is 29.8 Å². The van der Waals surface area contributed by atoms with Gasteiger partial charge in [-0.2, -0.15) is 0 Å². The molecule has 0 unspecified atom stereocenters. The number of carboxylic acids is 1. The molecule has 0 heterocycles. The van der Waals surface area contributed by atoms with E-state index >= 15 is 0 Å². The van der Waals surface area contributed by atoms with Crippen LogP contribution < -0.4 is 34.7 Å². The van der Waals surface area contributed by atoms with E-state index in [-0.39, 0.29) is 29.6 Å². The van der Waals surface area contributed by atoms with Gasteiger partial charge in [0, 0.05) is 12.6 Å². The largest absolute Gasteiger partial charge is 1.00 e. The van der Waals surface area contributed by atoms with Gasteiger partial charge in [-0.3, -0.25) is 0 Å². The zero-order valence-electron chi connectivity index (χ0n) is 10.4. The quantitative estimate of drug-likeness (QED) is 0.135. The zero-order chi connectivity index (χ0) is 12.2. The summed E-state index contributed by atoms with van der Waals surface area (Å²) in [6.45, 7) is 4.10. The molecular weight excluding hydrogens is 229 g/mol.